The van der Waals surface area contributed by atoms with Crippen molar-refractivity contribution in [2.45, 2.75) is 71.8 Å². The Balaban J connectivity index is 1.54. The van der Waals surface area contributed by atoms with E-state index in [2.05, 4.69) is 5.32 Å². The fourth-order valence-corrected chi connectivity index (χ4v) is 5.14. The normalized spacial score (nSPS) is 15.2. The number of para-hydroxylation sites is 1. The minimum atomic E-state index is -4.61. The topological polar surface area (TPSA) is 91.4 Å². The molecular weight excluding hydrogens is 589 g/mol. The summed E-state index contributed by atoms with van der Waals surface area (Å²) in [6.07, 6.45) is -2.97. The molecule has 1 heterocycles. The number of anilines is 1. The molecule has 4 rings (SSSR count). The highest BCUT2D eigenvalue weighted by Gasteiger charge is 2.34. The number of carbonyl (C=O) groups is 3. The minimum Gasteiger partial charge on any atom is -0.489 e. The molecule has 9 nitrogen and oxygen atoms in total. The Morgan fingerprint density at radius 3 is 2.42 bits per heavy atom. The standard InChI is InChI=1S/C33H43F3N4O5/c1-22(2)40(31(43)45-32(3,4)5)16-15-38(21-24-9-6-7-11-26(24)33(34,35)36)28(41)19-37-27-12-8-10-25-29(27)44-18-17-39(30(25)42)20-23-13-14-23/h6-12,22-23,37H,13-21H2,1-5H3. The monoisotopic (exact) mass is 632 g/mol. The first-order chi connectivity index (χ1) is 21.1. The van der Waals surface area contributed by atoms with Crippen LogP contribution in [0, 0.1) is 5.92 Å². The van der Waals surface area contributed by atoms with Crippen LogP contribution in [0.5, 0.6) is 5.75 Å². The van der Waals surface area contributed by atoms with E-state index in [9.17, 15) is 27.6 Å². The maximum Gasteiger partial charge on any atom is 0.416 e. The van der Waals surface area contributed by atoms with E-state index in [0.717, 1.165) is 18.9 Å². The minimum absolute atomic E-state index is 0.0395. The number of amides is 3. The lowest BCUT2D eigenvalue weighted by Crippen LogP contribution is -2.46. The van der Waals surface area contributed by atoms with E-state index in [4.69, 9.17) is 9.47 Å². The van der Waals surface area contributed by atoms with Gasteiger partial charge in [0.2, 0.25) is 5.91 Å². The molecule has 1 fully saturated rings. The van der Waals surface area contributed by atoms with Crippen molar-refractivity contribution < 1.29 is 37.0 Å². The van der Waals surface area contributed by atoms with Gasteiger partial charge in [-0.3, -0.25) is 9.59 Å². The van der Waals surface area contributed by atoms with Crippen LogP contribution in [0.25, 0.3) is 0 Å². The van der Waals surface area contributed by atoms with E-state index in [1.807, 2.05) is 0 Å². The van der Waals surface area contributed by atoms with Gasteiger partial charge in [-0.1, -0.05) is 24.3 Å². The van der Waals surface area contributed by atoms with Crippen LogP contribution < -0.4 is 10.1 Å². The predicted octanol–water partition coefficient (Wildman–Crippen LogP) is 6.04. The molecule has 0 spiro atoms. The first-order valence-electron chi connectivity index (χ1n) is 15.4. The van der Waals surface area contributed by atoms with Crippen LogP contribution in [0.2, 0.25) is 0 Å². The van der Waals surface area contributed by atoms with Crippen LogP contribution in [-0.2, 0) is 22.3 Å². The van der Waals surface area contributed by atoms with Gasteiger partial charge in [0.25, 0.3) is 5.91 Å². The van der Waals surface area contributed by atoms with Gasteiger partial charge in [0.1, 0.15) is 12.2 Å². The summed E-state index contributed by atoms with van der Waals surface area (Å²) in [4.78, 5) is 44.4. The van der Waals surface area contributed by atoms with Crippen molar-refractivity contribution in [2.24, 2.45) is 5.92 Å². The van der Waals surface area contributed by atoms with E-state index < -0.39 is 29.3 Å². The highest BCUT2D eigenvalue weighted by Crippen LogP contribution is 2.35. The molecule has 0 aromatic heterocycles. The molecule has 1 N–H and O–H groups in total. The third-order valence-corrected chi connectivity index (χ3v) is 7.64. The average Bonchev–Trinajstić information content (AvgIpc) is 3.78. The SMILES string of the molecule is CC(C)N(CCN(Cc1ccccc1C(F)(F)F)C(=O)CNc1cccc2c1OCCN(CC1CC1)C2=O)C(=O)OC(C)(C)C. The van der Waals surface area contributed by atoms with E-state index >= 15 is 0 Å². The molecule has 2 aromatic carbocycles. The predicted molar refractivity (Wildman–Crippen MR) is 164 cm³/mol. The Kier molecular flexibility index (Phi) is 10.5. The van der Waals surface area contributed by atoms with Crippen LogP contribution >= 0.6 is 0 Å². The lowest BCUT2D eigenvalue weighted by atomic mass is 10.1. The first-order valence-corrected chi connectivity index (χ1v) is 15.4. The molecule has 0 unspecified atom stereocenters. The Hall–Kier alpha value is -3.96. The van der Waals surface area contributed by atoms with E-state index in [1.54, 1.807) is 57.7 Å². The van der Waals surface area contributed by atoms with Crippen molar-refractivity contribution in [3.8, 4) is 5.75 Å². The van der Waals surface area contributed by atoms with Gasteiger partial charge in [0, 0.05) is 32.2 Å². The zero-order valence-electron chi connectivity index (χ0n) is 26.6. The van der Waals surface area contributed by atoms with Gasteiger partial charge in [-0.25, -0.2) is 4.79 Å². The van der Waals surface area contributed by atoms with Crippen LogP contribution in [0.15, 0.2) is 42.5 Å². The Morgan fingerprint density at radius 1 is 1.07 bits per heavy atom. The van der Waals surface area contributed by atoms with Crippen LogP contribution in [0.1, 0.15) is 68.9 Å². The van der Waals surface area contributed by atoms with Crippen molar-refractivity contribution in [3.63, 3.8) is 0 Å². The average molecular weight is 633 g/mol. The van der Waals surface area contributed by atoms with Crippen molar-refractivity contribution >= 4 is 23.6 Å². The maximum atomic E-state index is 13.8. The highest BCUT2D eigenvalue weighted by atomic mass is 19.4. The van der Waals surface area contributed by atoms with E-state index in [-0.39, 0.29) is 43.7 Å². The number of carbonyl (C=O) groups excluding carboxylic acids is 3. The third kappa shape index (κ3) is 9.27. The number of fused-ring (bicyclic) bond motifs is 1. The Labute approximate surface area is 262 Å². The second-order valence-electron chi connectivity index (χ2n) is 12.8. The molecule has 3 amide bonds. The quantitative estimate of drug-likeness (QED) is 0.325. The highest BCUT2D eigenvalue weighted by molar-refractivity contribution is 5.99. The second kappa shape index (κ2) is 14.0. The molecule has 0 saturated heterocycles. The molecule has 0 radical (unpaired) electrons. The number of halogens is 3. The Bertz CT molecular complexity index is 1370. The number of rotatable bonds is 11. The molecule has 1 aliphatic carbocycles. The largest absolute Gasteiger partial charge is 0.489 e. The van der Waals surface area contributed by atoms with Gasteiger partial charge >= 0.3 is 12.3 Å². The summed E-state index contributed by atoms with van der Waals surface area (Å²) in [5.41, 5.74) is -0.812. The van der Waals surface area contributed by atoms with Crippen molar-refractivity contribution in [2.75, 3.05) is 44.6 Å². The summed E-state index contributed by atoms with van der Waals surface area (Å²) >= 11 is 0. The molecule has 2 aromatic rings. The van der Waals surface area contributed by atoms with E-state index in [1.165, 1.54) is 28.0 Å². The molecule has 1 saturated carbocycles. The number of ether oxygens (including phenoxy) is 2. The van der Waals surface area contributed by atoms with Gasteiger partial charge in [-0.05, 0) is 77.1 Å². The maximum absolute atomic E-state index is 13.8. The summed E-state index contributed by atoms with van der Waals surface area (Å²) in [6.45, 7) is 9.66. The lowest BCUT2D eigenvalue weighted by molar-refractivity contribution is -0.139. The molecule has 45 heavy (non-hydrogen) atoms. The fourth-order valence-electron chi connectivity index (χ4n) is 5.14. The first kappa shape index (κ1) is 33.9. The lowest BCUT2D eigenvalue weighted by Gasteiger charge is -2.32. The van der Waals surface area contributed by atoms with Gasteiger partial charge in [-0.15, -0.1) is 0 Å². The van der Waals surface area contributed by atoms with Gasteiger partial charge in [0.05, 0.1) is 29.9 Å². The number of hydrogen-bond donors (Lipinski definition) is 1. The molecule has 1 aliphatic heterocycles. The van der Waals surface area contributed by atoms with Gasteiger partial charge in [0.15, 0.2) is 5.75 Å². The number of benzene rings is 2. The fraction of sp³-hybridized carbons (Fsp3) is 0.545. The summed E-state index contributed by atoms with van der Waals surface area (Å²) in [5, 5.41) is 3.05. The molecule has 0 atom stereocenters. The summed E-state index contributed by atoms with van der Waals surface area (Å²) in [6, 6.07) is 9.92. The zero-order chi connectivity index (χ0) is 32.9. The third-order valence-electron chi connectivity index (χ3n) is 7.64. The van der Waals surface area contributed by atoms with Crippen molar-refractivity contribution in [3.05, 3.63) is 59.2 Å². The zero-order valence-corrected chi connectivity index (χ0v) is 26.6. The Morgan fingerprint density at radius 2 is 1.78 bits per heavy atom. The van der Waals surface area contributed by atoms with Gasteiger partial charge < -0.3 is 29.5 Å². The molecular formula is C33H43F3N4O5. The number of alkyl halides is 3. The molecule has 246 valence electrons. The summed E-state index contributed by atoms with van der Waals surface area (Å²) < 4.78 is 53.0. The number of hydrogen-bond acceptors (Lipinski definition) is 6. The summed E-state index contributed by atoms with van der Waals surface area (Å²) in [7, 11) is 0. The van der Waals surface area contributed by atoms with E-state index in [0.29, 0.717) is 42.6 Å². The van der Waals surface area contributed by atoms with Gasteiger partial charge in [-0.2, -0.15) is 13.2 Å². The van der Waals surface area contributed by atoms with Crippen LogP contribution in [0.4, 0.5) is 23.7 Å². The number of nitrogens with one attached hydrogen (secondary N) is 1. The molecule has 0 bridgehead atoms. The molecule has 2 aliphatic rings. The van der Waals surface area contributed by atoms with Crippen molar-refractivity contribution in [1.29, 1.82) is 0 Å². The number of nitrogens with zero attached hydrogens (tertiary/aromatic N) is 3. The smallest absolute Gasteiger partial charge is 0.416 e. The van der Waals surface area contributed by atoms with Crippen LogP contribution in [-0.4, -0.2) is 83.6 Å². The van der Waals surface area contributed by atoms with Crippen LogP contribution in [0.3, 0.4) is 0 Å². The second-order valence-corrected chi connectivity index (χ2v) is 12.8. The molecule has 12 heteroatoms. The van der Waals surface area contributed by atoms with Crippen molar-refractivity contribution in [1.82, 2.24) is 14.7 Å². The summed E-state index contributed by atoms with van der Waals surface area (Å²) in [5.74, 6) is 0.238.